The highest BCUT2D eigenvalue weighted by atomic mass is 28.2. The molecule has 0 unspecified atom stereocenters. The van der Waals surface area contributed by atoms with Crippen molar-refractivity contribution in [2.75, 3.05) is 0 Å². The normalized spacial score (nSPS) is 4.80. The topological polar surface area (TPSA) is 61.3 Å². The van der Waals surface area contributed by atoms with Crippen LogP contribution < -0.4 is 6.15 Å². The summed E-state index contributed by atoms with van der Waals surface area (Å²) in [5.41, 5.74) is 0. The maximum Gasteiger partial charge on any atom is 0.279 e. The third kappa shape index (κ3) is 23.6. The number of carbonyl (C=O) groups is 1. The van der Waals surface area contributed by atoms with Gasteiger partial charge < -0.3 is 10.6 Å². The van der Waals surface area contributed by atoms with E-state index in [1.807, 2.05) is 0 Å². The van der Waals surface area contributed by atoms with Crippen LogP contribution >= 0.6 is 0 Å². The van der Waals surface area contributed by atoms with Crippen LogP contribution in [0.3, 0.4) is 0 Å². The molecule has 0 aliphatic heterocycles. The molecule has 4 heteroatoms. The summed E-state index contributed by atoms with van der Waals surface area (Å²) in [6.07, 6.45) is 0. The van der Waals surface area contributed by atoms with E-state index in [0.717, 1.165) is 0 Å². The van der Waals surface area contributed by atoms with Gasteiger partial charge in [0.25, 0.3) is 6.47 Å². The minimum atomic E-state index is 0. The van der Waals surface area contributed by atoms with Gasteiger partial charge in [0.2, 0.25) is 10.5 Å². The van der Waals surface area contributed by atoms with Crippen LogP contribution in [-0.4, -0.2) is 17.0 Å². The van der Waals surface area contributed by atoms with Gasteiger partial charge in [-0.3, -0.25) is 4.79 Å². The van der Waals surface area contributed by atoms with E-state index in [1.54, 1.807) is 0 Å². The van der Waals surface area contributed by atoms with Gasteiger partial charge in [-0.15, -0.1) is 0 Å². The van der Waals surface area contributed by atoms with E-state index < -0.39 is 0 Å². The smallest absolute Gasteiger partial charge is 0.279 e. The zero-order valence-corrected chi connectivity index (χ0v) is 5.10. The van der Waals surface area contributed by atoms with Crippen LogP contribution in [0.5, 0.6) is 0 Å². The van der Waals surface area contributed by atoms with E-state index in [0.29, 0.717) is 17.0 Å². The average molecular weight is 93.2 g/mol. The van der Waals surface area contributed by atoms with Crippen LogP contribution in [0.25, 0.3) is 0 Å². The van der Waals surface area contributed by atoms with Crippen molar-refractivity contribution < 1.29 is 9.22 Å². The van der Waals surface area contributed by atoms with Gasteiger partial charge in [-0.1, -0.05) is 0 Å². The molecule has 0 atom stereocenters. The molecule has 0 aromatic rings. The third-order valence-electron chi connectivity index (χ3n) is 0.0962. The van der Waals surface area contributed by atoms with Gasteiger partial charge in [-0.2, -0.15) is 0 Å². The van der Waals surface area contributed by atoms with Gasteiger partial charge in [-0.05, 0) is 0 Å². The molecule has 0 rings (SSSR count). The Morgan fingerprint density at radius 2 is 2.00 bits per heavy atom. The molecule has 0 radical (unpaired) electrons. The molecular weight excluding hydrogens is 86.1 g/mol. The predicted octanol–water partition coefficient (Wildman–Crippen LogP) is -1.40. The Balaban J connectivity index is 0. The summed E-state index contributed by atoms with van der Waals surface area (Å²) >= 11 is 0. The molecule has 0 aromatic carbocycles. The molecule has 3 nitrogen and oxygen atoms in total. The Morgan fingerprint density at radius 1 is 1.80 bits per heavy atom. The Labute approximate surface area is 33.4 Å². The van der Waals surface area contributed by atoms with Gasteiger partial charge >= 0.3 is 0 Å². The fraction of sp³-hybridized carbons (Fsp3) is 0. The molecular formula is CH7NO2Si. The van der Waals surface area contributed by atoms with Crippen LogP contribution in [0.1, 0.15) is 0 Å². The monoisotopic (exact) mass is 93.0 g/mol. The molecule has 32 valence electrons. The molecule has 0 aliphatic rings. The SMILES string of the molecule is N.O=CO[SiH3]. The van der Waals surface area contributed by atoms with Crippen LogP contribution in [0.2, 0.25) is 0 Å². The molecule has 0 saturated carbocycles. The average Bonchev–Trinajstić information content (AvgIpc) is 1.37. The standard InChI is InChI=1S/CH4O2Si.H3N/c2-1-3-4;/h1H,4H3;1H3. The zero-order chi connectivity index (χ0) is 3.41. The molecule has 0 spiro atoms. The fourth-order valence-electron chi connectivity index (χ4n) is 0. The zero-order valence-electron chi connectivity index (χ0n) is 3.10. The molecule has 0 fully saturated rings. The summed E-state index contributed by atoms with van der Waals surface area (Å²) in [5.74, 6) is 0. The molecule has 0 aromatic heterocycles. The highest BCUT2D eigenvalue weighted by molar-refractivity contribution is 6.01. The molecule has 0 heterocycles. The Morgan fingerprint density at radius 3 is 2.00 bits per heavy atom. The first-order valence-corrected chi connectivity index (χ1v) is 1.70. The molecule has 0 amide bonds. The Bertz CT molecular complexity index is 23.6. The lowest BCUT2D eigenvalue weighted by atomic mass is 11.7. The lowest BCUT2D eigenvalue weighted by Gasteiger charge is -1.68. The maximum atomic E-state index is 8.99. The van der Waals surface area contributed by atoms with E-state index in [-0.39, 0.29) is 6.15 Å². The molecule has 0 bridgehead atoms. The van der Waals surface area contributed by atoms with Crippen LogP contribution in [0, 0.1) is 0 Å². The third-order valence-corrected chi connectivity index (χ3v) is 0.289. The number of hydrogen-bond acceptors (Lipinski definition) is 3. The first-order chi connectivity index (χ1) is 1.91. The van der Waals surface area contributed by atoms with E-state index in [4.69, 9.17) is 4.79 Å². The summed E-state index contributed by atoms with van der Waals surface area (Å²) < 4.78 is 4.00. The molecule has 3 N–H and O–H groups in total. The fourth-order valence-corrected chi connectivity index (χ4v) is 0. The summed E-state index contributed by atoms with van der Waals surface area (Å²) in [6, 6.07) is 0. The van der Waals surface area contributed by atoms with Gasteiger partial charge in [0.05, 0.1) is 0 Å². The minimum Gasteiger partial charge on any atom is -0.531 e. The Hall–Kier alpha value is -0.353. The first kappa shape index (κ1) is 8.82. The second kappa shape index (κ2) is 9.42. The van der Waals surface area contributed by atoms with Crippen molar-refractivity contribution in [3.8, 4) is 0 Å². The number of rotatable bonds is 1. The van der Waals surface area contributed by atoms with Gasteiger partial charge in [0.15, 0.2) is 0 Å². The lowest BCUT2D eigenvalue weighted by Crippen LogP contribution is -1.71. The van der Waals surface area contributed by atoms with E-state index in [1.165, 1.54) is 0 Å². The van der Waals surface area contributed by atoms with Gasteiger partial charge in [0, 0.05) is 0 Å². The highest BCUT2D eigenvalue weighted by Crippen LogP contribution is 1.32. The molecule has 5 heavy (non-hydrogen) atoms. The second-order valence-corrected chi connectivity index (χ2v) is 0.803. The van der Waals surface area contributed by atoms with E-state index >= 15 is 0 Å². The van der Waals surface area contributed by atoms with Crippen LogP contribution in [-0.2, 0) is 9.22 Å². The van der Waals surface area contributed by atoms with Crippen molar-refractivity contribution in [2.24, 2.45) is 0 Å². The van der Waals surface area contributed by atoms with Crippen molar-refractivity contribution in [3.63, 3.8) is 0 Å². The number of hydrogen-bond donors (Lipinski definition) is 1. The molecule has 0 aliphatic carbocycles. The second-order valence-electron chi connectivity index (χ2n) is 0.332. The summed E-state index contributed by atoms with van der Waals surface area (Å²) in [6.45, 7) is 0.437. The quantitative estimate of drug-likeness (QED) is 0.320. The van der Waals surface area contributed by atoms with Gasteiger partial charge in [0.1, 0.15) is 0 Å². The van der Waals surface area contributed by atoms with Crippen molar-refractivity contribution in [1.82, 2.24) is 6.15 Å². The maximum absolute atomic E-state index is 8.99. The summed E-state index contributed by atoms with van der Waals surface area (Å²) in [7, 11) is 0.522. The van der Waals surface area contributed by atoms with Crippen LogP contribution in [0.4, 0.5) is 0 Å². The summed E-state index contributed by atoms with van der Waals surface area (Å²) in [4.78, 5) is 8.99. The predicted molar refractivity (Wildman–Crippen MR) is 22.1 cm³/mol. The van der Waals surface area contributed by atoms with E-state index in [9.17, 15) is 0 Å². The first-order valence-electron chi connectivity index (χ1n) is 0.880. The van der Waals surface area contributed by atoms with Gasteiger partial charge in [-0.25, -0.2) is 0 Å². The van der Waals surface area contributed by atoms with Crippen molar-refractivity contribution in [2.45, 2.75) is 0 Å². The van der Waals surface area contributed by atoms with Crippen molar-refractivity contribution >= 4 is 17.0 Å². The van der Waals surface area contributed by atoms with Crippen LogP contribution in [0.15, 0.2) is 0 Å². The molecule has 0 saturated heterocycles. The Kier molecular flexibility index (Phi) is 16.6. The van der Waals surface area contributed by atoms with Crippen molar-refractivity contribution in [1.29, 1.82) is 0 Å². The number of carbonyl (C=O) groups excluding carboxylic acids is 1. The van der Waals surface area contributed by atoms with Crippen molar-refractivity contribution in [3.05, 3.63) is 0 Å². The summed E-state index contributed by atoms with van der Waals surface area (Å²) in [5, 5.41) is 0. The lowest BCUT2D eigenvalue weighted by molar-refractivity contribution is -0.120. The highest BCUT2D eigenvalue weighted by Gasteiger charge is 1.44. The minimum absolute atomic E-state index is 0. The largest absolute Gasteiger partial charge is 0.531 e. The van der Waals surface area contributed by atoms with E-state index in [2.05, 4.69) is 4.43 Å².